The van der Waals surface area contributed by atoms with Crippen molar-refractivity contribution in [1.82, 2.24) is 0 Å². The van der Waals surface area contributed by atoms with Crippen molar-refractivity contribution in [2.45, 2.75) is 70.8 Å². The smallest absolute Gasteiger partial charge is 0.326 e. The molecule has 1 radical (unpaired) electrons. The summed E-state index contributed by atoms with van der Waals surface area (Å²) in [6.45, 7) is 6.95. The second-order valence-corrected chi connectivity index (χ2v) is 11.0. The van der Waals surface area contributed by atoms with Crippen LogP contribution in [0.15, 0.2) is 22.9 Å². The lowest BCUT2D eigenvalue weighted by Crippen LogP contribution is -2.46. The van der Waals surface area contributed by atoms with Crippen molar-refractivity contribution in [2.75, 3.05) is 13.2 Å². The van der Waals surface area contributed by atoms with E-state index in [0.29, 0.717) is 30.0 Å². The summed E-state index contributed by atoms with van der Waals surface area (Å²) in [6.07, 6.45) is 5.46. The number of halogens is 3. The van der Waals surface area contributed by atoms with Crippen LogP contribution in [0.3, 0.4) is 0 Å². The molecule has 24 heavy (non-hydrogen) atoms. The van der Waals surface area contributed by atoms with E-state index in [-0.39, 0.29) is 26.1 Å². The maximum absolute atomic E-state index is 13.3. The second kappa shape index (κ2) is 8.65. The molecule has 0 aliphatic heterocycles. The van der Waals surface area contributed by atoms with Gasteiger partial charge in [-0.15, -0.1) is 0 Å². The van der Waals surface area contributed by atoms with Crippen molar-refractivity contribution in [3.05, 3.63) is 22.9 Å². The molecule has 0 amide bonds. The van der Waals surface area contributed by atoms with Gasteiger partial charge < -0.3 is 9.47 Å². The van der Waals surface area contributed by atoms with E-state index in [1.165, 1.54) is 13.1 Å². The van der Waals surface area contributed by atoms with Crippen LogP contribution in [0.25, 0.3) is 0 Å². The Bertz CT molecular complexity index is 462. The monoisotopic (exact) mass is 365 g/mol. The SMILES string of the molecule is CCCOC([O])(CCC1=C([Si](C)(C)C(F)(F)F)C=CC1)OCCC. The minimum Gasteiger partial charge on any atom is -0.326 e. The van der Waals surface area contributed by atoms with Crippen LogP contribution in [0.2, 0.25) is 13.1 Å². The molecule has 7 heteroatoms. The lowest BCUT2D eigenvalue weighted by atomic mass is 10.1. The molecule has 0 saturated carbocycles. The lowest BCUT2D eigenvalue weighted by molar-refractivity contribution is -0.390. The van der Waals surface area contributed by atoms with Gasteiger partial charge in [0.15, 0.2) is 0 Å². The first-order valence-corrected chi connectivity index (χ1v) is 11.5. The quantitative estimate of drug-likeness (QED) is 0.389. The Hall–Kier alpha value is -0.633. The number of rotatable bonds is 10. The lowest BCUT2D eigenvalue weighted by Gasteiger charge is -2.29. The Morgan fingerprint density at radius 3 is 2.12 bits per heavy atom. The summed E-state index contributed by atoms with van der Waals surface area (Å²) in [5.74, 6) is -6.18. The van der Waals surface area contributed by atoms with Gasteiger partial charge in [0.1, 0.15) is 0 Å². The fourth-order valence-corrected chi connectivity index (χ4v) is 4.54. The van der Waals surface area contributed by atoms with Gasteiger partial charge in [-0.25, -0.2) is 0 Å². The van der Waals surface area contributed by atoms with Gasteiger partial charge in [0.2, 0.25) is 8.07 Å². The van der Waals surface area contributed by atoms with Crippen molar-refractivity contribution < 1.29 is 27.8 Å². The maximum atomic E-state index is 13.3. The highest BCUT2D eigenvalue weighted by Gasteiger charge is 2.52. The predicted octanol–water partition coefficient (Wildman–Crippen LogP) is 5.31. The predicted molar refractivity (Wildman–Crippen MR) is 89.5 cm³/mol. The van der Waals surface area contributed by atoms with Crippen molar-refractivity contribution in [3.63, 3.8) is 0 Å². The molecule has 0 aromatic rings. The molecule has 0 unspecified atom stereocenters. The summed E-state index contributed by atoms with van der Waals surface area (Å²) in [6, 6.07) is 0. The molecule has 1 aliphatic rings. The fraction of sp³-hybridized carbons (Fsp3) is 0.765. The van der Waals surface area contributed by atoms with E-state index in [2.05, 4.69) is 0 Å². The van der Waals surface area contributed by atoms with Gasteiger partial charge in [0.05, 0.1) is 13.2 Å². The molecule has 0 aromatic heterocycles. The molecule has 1 rings (SSSR count). The molecular formula is C17H28F3O3Si. The van der Waals surface area contributed by atoms with Crippen LogP contribution in [0, 0.1) is 0 Å². The number of ether oxygens (including phenoxy) is 2. The van der Waals surface area contributed by atoms with Crippen molar-refractivity contribution in [1.29, 1.82) is 0 Å². The van der Waals surface area contributed by atoms with E-state index in [4.69, 9.17) is 9.47 Å². The third-order valence-corrected chi connectivity index (χ3v) is 7.48. The summed E-state index contributed by atoms with van der Waals surface area (Å²) in [4.78, 5) is 0. The van der Waals surface area contributed by atoms with Crippen molar-refractivity contribution >= 4 is 8.07 Å². The largest absolute Gasteiger partial charge is 0.365 e. The van der Waals surface area contributed by atoms with Crippen LogP contribution in [-0.4, -0.2) is 33.1 Å². The van der Waals surface area contributed by atoms with E-state index in [1.807, 2.05) is 13.8 Å². The number of hydrogen-bond donors (Lipinski definition) is 0. The Morgan fingerprint density at radius 1 is 1.12 bits per heavy atom. The van der Waals surface area contributed by atoms with Crippen LogP contribution in [0.4, 0.5) is 13.2 Å². The molecular weight excluding hydrogens is 337 g/mol. The Labute approximate surface area is 143 Å². The van der Waals surface area contributed by atoms with E-state index in [0.717, 1.165) is 0 Å². The summed E-state index contributed by atoms with van der Waals surface area (Å²) >= 11 is 0. The van der Waals surface area contributed by atoms with Crippen LogP contribution >= 0.6 is 0 Å². The minimum absolute atomic E-state index is 0.0237. The highest BCUT2D eigenvalue weighted by molar-refractivity contribution is 6.86. The molecule has 139 valence electrons. The Morgan fingerprint density at radius 2 is 1.67 bits per heavy atom. The zero-order chi connectivity index (χ0) is 18.4. The van der Waals surface area contributed by atoms with E-state index in [9.17, 15) is 18.3 Å². The Balaban J connectivity index is 2.87. The molecule has 3 nitrogen and oxygen atoms in total. The molecule has 0 spiro atoms. The minimum atomic E-state index is -4.20. The second-order valence-electron chi connectivity index (χ2n) is 6.63. The van der Waals surface area contributed by atoms with Crippen molar-refractivity contribution in [2.24, 2.45) is 0 Å². The molecule has 0 fully saturated rings. The normalized spacial score (nSPS) is 16.3. The summed E-state index contributed by atoms with van der Waals surface area (Å²) in [5, 5.41) is 13.0. The molecule has 0 aromatic carbocycles. The molecule has 0 bridgehead atoms. The highest BCUT2D eigenvalue weighted by atomic mass is 28.3. The highest BCUT2D eigenvalue weighted by Crippen LogP contribution is 2.40. The molecule has 1 aliphatic carbocycles. The van der Waals surface area contributed by atoms with Crippen LogP contribution in [0.1, 0.15) is 46.0 Å². The first kappa shape index (κ1) is 21.4. The van der Waals surface area contributed by atoms with Gasteiger partial charge in [0.25, 0.3) is 0 Å². The first-order chi connectivity index (χ1) is 11.1. The summed E-state index contributed by atoms with van der Waals surface area (Å²) in [7, 11) is -3.57. The average molecular weight is 365 g/mol. The number of alkyl halides is 3. The van der Waals surface area contributed by atoms with Gasteiger partial charge in [-0.1, -0.05) is 49.9 Å². The summed E-state index contributed by atoms with van der Waals surface area (Å²) in [5.41, 5.74) is 0.699. The first-order valence-electron chi connectivity index (χ1n) is 8.51. The Kier molecular flexibility index (Phi) is 7.71. The van der Waals surface area contributed by atoms with Gasteiger partial charge in [-0.3, -0.25) is 0 Å². The number of hydrogen-bond acceptors (Lipinski definition) is 2. The van der Waals surface area contributed by atoms with Gasteiger partial charge >= 0.3 is 11.8 Å². The van der Waals surface area contributed by atoms with Crippen LogP contribution in [-0.2, 0) is 14.6 Å². The standard InChI is InChI=1S/C17H28F3O3Si/c1-5-12-22-16(21,23-13-6-2)11-10-14-8-7-9-15(14)24(3,4)17(18,19)20/h7,9H,5-6,8,10-13H2,1-4H3. The van der Waals surface area contributed by atoms with Crippen LogP contribution < -0.4 is 0 Å². The molecule has 0 heterocycles. The fourth-order valence-electron chi connectivity index (χ4n) is 2.59. The average Bonchev–Trinajstić information content (AvgIpc) is 2.97. The van der Waals surface area contributed by atoms with Crippen molar-refractivity contribution in [3.8, 4) is 0 Å². The third-order valence-electron chi connectivity index (χ3n) is 4.20. The molecule has 0 N–H and O–H groups in total. The van der Waals surface area contributed by atoms with Gasteiger partial charge in [-0.05, 0) is 25.7 Å². The molecule has 0 atom stereocenters. The maximum Gasteiger partial charge on any atom is 0.365 e. The molecule has 0 saturated heterocycles. The van der Waals surface area contributed by atoms with E-state index < -0.39 is 19.8 Å². The van der Waals surface area contributed by atoms with Gasteiger partial charge in [0, 0.05) is 6.42 Å². The summed E-state index contributed by atoms with van der Waals surface area (Å²) < 4.78 is 50.6. The van der Waals surface area contributed by atoms with Crippen LogP contribution in [0.5, 0.6) is 0 Å². The van der Waals surface area contributed by atoms with Gasteiger partial charge in [-0.2, -0.15) is 18.3 Å². The zero-order valence-corrected chi connectivity index (χ0v) is 16.0. The topological polar surface area (TPSA) is 38.4 Å². The third kappa shape index (κ3) is 5.44. The van der Waals surface area contributed by atoms with E-state index >= 15 is 0 Å². The number of allylic oxidation sites excluding steroid dienone is 4. The zero-order valence-electron chi connectivity index (χ0n) is 15.0. The van der Waals surface area contributed by atoms with E-state index in [1.54, 1.807) is 12.2 Å².